The molecule has 0 heterocycles. The van der Waals surface area contributed by atoms with Crippen molar-refractivity contribution < 1.29 is 23.5 Å². The molecular formula is C15H16ClFO4. The molecule has 0 aliphatic heterocycles. The number of hydrogen-bond acceptors (Lipinski definition) is 4. The Hall–Kier alpha value is -1.88. The van der Waals surface area contributed by atoms with Crippen LogP contribution in [0.1, 0.15) is 29.8 Å². The number of rotatable bonds is 5. The smallest absolute Gasteiger partial charge is 0.351 e. The van der Waals surface area contributed by atoms with Crippen LogP contribution in [0, 0.1) is 12.7 Å². The summed E-state index contributed by atoms with van der Waals surface area (Å²) in [5, 5.41) is -0.0903. The van der Waals surface area contributed by atoms with Crippen LogP contribution in [0.25, 0.3) is 0 Å². The fourth-order valence-corrected chi connectivity index (χ4v) is 1.78. The van der Waals surface area contributed by atoms with Crippen LogP contribution in [0.2, 0.25) is 5.02 Å². The van der Waals surface area contributed by atoms with E-state index in [-0.39, 0.29) is 22.8 Å². The highest BCUT2D eigenvalue weighted by Crippen LogP contribution is 2.22. The van der Waals surface area contributed by atoms with Crippen LogP contribution in [-0.2, 0) is 14.3 Å². The van der Waals surface area contributed by atoms with Crippen molar-refractivity contribution in [1.82, 2.24) is 0 Å². The minimum atomic E-state index is -1.22. The second-order valence-electron chi connectivity index (χ2n) is 4.46. The van der Waals surface area contributed by atoms with E-state index in [1.807, 2.05) is 0 Å². The largest absolute Gasteiger partial charge is 0.463 e. The Morgan fingerprint density at radius 2 is 2.05 bits per heavy atom. The molecule has 0 spiro atoms. The maximum atomic E-state index is 13.3. The minimum absolute atomic E-state index is 0.0221. The molecule has 1 unspecified atom stereocenters. The molecule has 1 aromatic rings. The fraction of sp³-hybridized carbons (Fsp3) is 0.333. The monoisotopic (exact) mass is 314 g/mol. The second kappa shape index (κ2) is 7.22. The molecule has 1 atom stereocenters. The van der Waals surface area contributed by atoms with Gasteiger partial charge >= 0.3 is 11.9 Å². The van der Waals surface area contributed by atoms with Crippen LogP contribution in [0.15, 0.2) is 24.3 Å². The predicted octanol–water partition coefficient (Wildman–Crippen LogP) is 3.45. The van der Waals surface area contributed by atoms with Crippen molar-refractivity contribution >= 4 is 23.5 Å². The van der Waals surface area contributed by atoms with E-state index in [1.54, 1.807) is 6.92 Å². The molecule has 0 amide bonds. The van der Waals surface area contributed by atoms with Gasteiger partial charge in [-0.25, -0.2) is 14.0 Å². The Morgan fingerprint density at radius 1 is 1.43 bits per heavy atom. The average Bonchev–Trinajstić information content (AvgIpc) is 2.39. The lowest BCUT2D eigenvalue weighted by Crippen LogP contribution is -2.30. The van der Waals surface area contributed by atoms with Gasteiger partial charge in [-0.2, -0.15) is 0 Å². The highest BCUT2D eigenvalue weighted by molar-refractivity contribution is 6.33. The Balaban J connectivity index is 3.00. The van der Waals surface area contributed by atoms with Crippen LogP contribution in [0.5, 0.6) is 0 Å². The number of benzene rings is 1. The number of esters is 2. The normalized spacial score (nSPS) is 11.7. The van der Waals surface area contributed by atoms with E-state index in [1.165, 1.54) is 19.9 Å². The summed E-state index contributed by atoms with van der Waals surface area (Å²) in [6.07, 6.45) is -1.22. The molecule has 0 bridgehead atoms. The van der Waals surface area contributed by atoms with Gasteiger partial charge in [0.05, 0.1) is 17.2 Å². The molecule has 6 heteroatoms. The first kappa shape index (κ1) is 17.2. The van der Waals surface area contributed by atoms with Crippen LogP contribution < -0.4 is 0 Å². The van der Waals surface area contributed by atoms with E-state index >= 15 is 0 Å². The van der Waals surface area contributed by atoms with Crippen molar-refractivity contribution in [3.63, 3.8) is 0 Å². The van der Waals surface area contributed by atoms with Crippen molar-refractivity contribution in [2.45, 2.75) is 26.9 Å². The maximum absolute atomic E-state index is 13.3. The molecule has 0 aliphatic carbocycles. The van der Waals surface area contributed by atoms with Crippen LogP contribution in [-0.4, -0.2) is 24.6 Å². The highest BCUT2D eigenvalue weighted by Gasteiger charge is 2.27. The van der Waals surface area contributed by atoms with E-state index < -0.39 is 23.9 Å². The Kier molecular flexibility index (Phi) is 5.90. The van der Waals surface area contributed by atoms with Gasteiger partial charge < -0.3 is 9.47 Å². The van der Waals surface area contributed by atoms with Crippen LogP contribution >= 0.6 is 11.6 Å². The molecule has 0 saturated heterocycles. The molecule has 0 saturated carbocycles. The molecule has 0 aromatic heterocycles. The molecule has 1 rings (SSSR count). The van der Waals surface area contributed by atoms with E-state index in [9.17, 15) is 14.0 Å². The molecule has 21 heavy (non-hydrogen) atoms. The lowest BCUT2D eigenvalue weighted by Gasteiger charge is -2.17. The van der Waals surface area contributed by atoms with Gasteiger partial charge in [0.25, 0.3) is 0 Å². The third kappa shape index (κ3) is 4.29. The summed E-state index contributed by atoms with van der Waals surface area (Å²) in [6, 6.07) is 2.29. The molecule has 114 valence electrons. The van der Waals surface area contributed by atoms with Gasteiger partial charge in [-0.3, -0.25) is 0 Å². The van der Waals surface area contributed by atoms with Crippen molar-refractivity contribution in [2.75, 3.05) is 6.61 Å². The van der Waals surface area contributed by atoms with Gasteiger partial charge in [0.15, 0.2) is 0 Å². The summed E-state index contributed by atoms with van der Waals surface area (Å²) in [5.74, 6) is -2.09. The Labute approximate surface area is 127 Å². The number of halogens is 2. The van der Waals surface area contributed by atoms with Crippen molar-refractivity contribution in [1.29, 1.82) is 0 Å². The van der Waals surface area contributed by atoms with Gasteiger partial charge in [0.2, 0.25) is 6.10 Å². The molecule has 0 N–H and O–H groups in total. The molecule has 1 aromatic carbocycles. The molecule has 4 nitrogen and oxygen atoms in total. The number of hydrogen-bond donors (Lipinski definition) is 0. The first-order chi connectivity index (χ1) is 9.77. The topological polar surface area (TPSA) is 52.6 Å². The summed E-state index contributed by atoms with van der Waals surface area (Å²) in [6.45, 7) is 8.40. The van der Waals surface area contributed by atoms with Gasteiger partial charge in [-0.05, 0) is 44.0 Å². The van der Waals surface area contributed by atoms with E-state index in [4.69, 9.17) is 21.1 Å². The lowest BCUT2D eigenvalue weighted by atomic mass is 10.1. The predicted molar refractivity (Wildman–Crippen MR) is 76.8 cm³/mol. The third-order valence-electron chi connectivity index (χ3n) is 2.64. The van der Waals surface area contributed by atoms with Gasteiger partial charge in [-0.1, -0.05) is 18.2 Å². The Morgan fingerprint density at radius 3 is 2.57 bits per heavy atom. The minimum Gasteiger partial charge on any atom is -0.463 e. The summed E-state index contributed by atoms with van der Waals surface area (Å²) < 4.78 is 23.2. The summed E-state index contributed by atoms with van der Waals surface area (Å²) in [4.78, 5) is 23.8. The van der Waals surface area contributed by atoms with Crippen molar-refractivity contribution in [2.24, 2.45) is 0 Å². The van der Waals surface area contributed by atoms with Crippen LogP contribution in [0.3, 0.4) is 0 Å². The highest BCUT2D eigenvalue weighted by atomic mass is 35.5. The van der Waals surface area contributed by atoms with E-state index in [0.717, 1.165) is 6.07 Å². The Bertz CT molecular complexity index is 583. The number of carbonyl (C=O) groups excluding carboxylic acids is 2. The van der Waals surface area contributed by atoms with E-state index in [0.29, 0.717) is 5.57 Å². The number of aryl methyl sites for hydroxylation is 1. The van der Waals surface area contributed by atoms with Crippen molar-refractivity contribution in [3.8, 4) is 0 Å². The zero-order chi connectivity index (χ0) is 16.2. The molecule has 0 aliphatic rings. The maximum Gasteiger partial charge on any atom is 0.351 e. The van der Waals surface area contributed by atoms with Crippen molar-refractivity contribution in [3.05, 3.63) is 46.3 Å². The first-order valence-corrected chi connectivity index (χ1v) is 6.64. The standard InChI is InChI=1S/C15H16ClFO4/c1-5-20-15(19)13(8(2)3)21-14(18)10-6-9(4)12(17)7-11(10)16/h6-7,13H,2,5H2,1,3-4H3. The number of carbonyl (C=O) groups is 2. The van der Waals surface area contributed by atoms with Crippen LogP contribution in [0.4, 0.5) is 4.39 Å². The third-order valence-corrected chi connectivity index (χ3v) is 2.95. The summed E-state index contributed by atoms with van der Waals surface area (Å²) >= 11 is 5.82. The molecule has 0 radical (unpaired) electrons. The van der Waals surface area contributed by atoms with E-state index in [2.05, 4.69) is 6.58 Å². The van der Waals surface area contributed by atoms with Gasteiger partial charge in [0.1, 0.15) is 5.82 Å². The molecule has 0 fully saturated rings. The summed E-state index contributed by atoms with van der Waals surface area (Å²) in [7, 11) is 0. The lowest BCUT2D eigenvalue weighted by molar-refractivity contribution is -0.151. The van der Waals surface area contributed by atoms with Gasteiger partial charge in [-0.15, -0.1) is 0 Å². The number of ether oxygens (including phenoxy) is 2. The summed E-state index contributed by atoms with van der Waals surface area (Å²) in [5.41, 5.74) is 0.539. The fourth-order valence-electron chi connectivity index (χ4n) is 1.55. The average molecular weight is 315 g/mol. The second-order valence-corrected chi connectivity index (χ2v) is 4.87. The zero-order valence-corrected chi connectivity index (χ0v) is 12.8. The molecular weight excluding hydrogens is 299 g/mol. The SMILES string of the molecule is C=C(C)C(OC(=O)c1cc(C)c(F)cc1Cl)C(=O)OCC. The van der Waals surface area contributed by atoms with Gasteiger partial charge in [0, 0.05) is 0 Å². The zero-order valence-electron chi connectivity index (χ0n) is 12.0. The quantitative estimate of drug-likeness (QED) is 0.617. The first-order valence-electron chi connectivity index (χ1n) is 6.26.